The van der Waals surface area contributed by atoms with Gasteiger partial charge in [-0.25, -0.2) is 0 Å². The van der Waals surface area contributed by atoms with Crippen LogP contribution in [0.4, 0.5) is 0 Å². The summed E-state index contributed by atoms with van der Waals surface area (Å²) in [6.07, 6.45) is 0. The Kier molecular flexibility index (Phi) is 17.0. The maximum Gasteiger partial charge on any atom is 0.488 e. The molecule has 15 aromatic rings. The minimum absolute atomic E-state index is 0.0119. The fourth-order valence-corrected chi connectivity index (χ4v) is 17.4. The standard InChI is InChI=1S/C25H19Br.C25H20.C19H15Br.C19H16.C6H7BO2/c1-25(2)22-14-17(26)12-13-20(22)24-19-11-7-6-10-18(19)21(15-23(24)25)16-8-4-3-5-9-16;1-25(2)22-15-9-8-14-20(22)24-19-13-7-6-12-18(19)21(16-23(24)25)17-10-4-3-5-11-17;1-19(2)15-10-6-5-9-14(15)18-13-8-4-3-7-12(13)17(20)11-16(18)19;1-19(2)16-10-6-5-9-15(16)18-14-8-4-3-7-13(14)11-12-17(18)19;8-7(9)6-4-2-1-3-5-6/h3-15H,1-2H3;3-16H,1-2H3;3-11H,1-2H3;3-12H,1-2H3;1-5,8-9H. The Balaban J connectivity index is 0.000000104. The van der Waals surface area contributed by atoms with E-state index in [0.717, 1.165) is 4.47 Å². The van der Waals surface area contributed by atoms with Gasteiger partial charge in [-0.3, -0.25) is 0 Å². The first kappa shape index (κ1) is 65.2. The van der Waals surface area contributed by atoms with E-state index in [1.54, 1.807) is 24.3 Å². The third kappa shape index (κ3) is 11.3. The van der Waals surface area contributed by atoms with Crippen LogP contribution in [0.25, 0.3) is 110 Å². The van der Waals surface area contributed by atoms with Crippen LogP contribution in [0, 0.1) is 0 Å². The molecule has 0 saturated carbocycles. The Morgan fingerprint density at radius 2 is 0.576 bits per heavy atom. The van der Waals surface area contributed by atoms with Crippen LogP contribution in [0.3, 0.4) is 0 Å². The Labute approximate surface area is 599 Å². The van der Waals surface area contributed by atoms with Crippen molar-refractivity contribution < 1.29 is 10.0 Å². The summed E-state index contributed by atoms with van der Waals surface area (Å²) < 4.78 is 2.33. The molecule has 0 unspecified atom stereocenters. The van der Waals surface area contributed by atoms with Crippen molar-refractivity contribution in [2.24, 2.45) is 0 Å². The predicted molar refractivity (Wildman–Crippen MR) is 429 cm³/mol. The van der Waals surface area contributed by atoms with Crippen LogP contribution in [-0.4, -0.2) is 17.2 Å². The maximum absolute atomic E-state index is 8.58. The van der Waals surface area contributed by atoms with E-state index in [1.165, 1.54) is 159 Å². The van der Waals surface area contributed by atoms with Crippen molar-refractivity contribution in [3.8, 4) is 66.8 Å². The van der Waals surface area contributed by atoms with Crippen molar-refractivity contribution in [3.63, 3.8) is 0 Å². The van der Waals surface area contributed by atoms with Crippen LogP contribution >= 0.6 is 31.9 Å². The van der Waals surface area contributed by atoms with Gasteiger partial charge in [-0.2, -0.15) is 0 Å². The highest BCUT2D eigenvalue weighted by Gasteiger charge is 2.41. The summed E-state index contributed by atoms with van der Waals surface area (Å²) in [4.78, 5) is 0. The molecule has 0 atom stereocenters. The summed E-state index contributed by atoms with van der Waals surface area (Å²) in [6, 6.07) is 110. The lowest BCUT2D eigenvalue weighted by molar-refractivity contribution is 0.426. The molecule has 0 spiro atoms. The van der Waals surface area contributed by atoms with Gasteiger partial charge in [0.2, 0.25) is 0 Å². The average Bonchev–Trinajstić information content (AvgIpc) is 1.07. The van der Waals surface area contributed by atoms with E-state index in [9.17, 15) is 0 Å². The molecule has 19 rings (SSSR count). The quantitative estimate of drug-likeness (QED) is 0.173. The van der Waals surface area contributed by atoms with Gasteiger partial charge >= 0.3 is 7.12 Å². The lowest BCUT2D eigenvalue weighted by atomic mass is 9.80. The van der Waals surface area contributed by atoms with Crippen LogP contribution in [0.5, 0.6) is 0 Å². The molecular formula is C94H77BBr2O2. The summed E-state index contributed by atoms with van der Waals surface area (Å²) in [5, 5.41) is 27.9. The summed E-state index contributed by atoms with van der Waals surface area (Å²) in [6.45, 7) is 18.7. The van der Waals surface area contributed by atoms with Crippen LogP contribution in [0.2, 0.25) is 0 Å². The van der Waals surface area contributed by atoms with Gasteiger partial charge < -0.3 is 10.0 Å². The minimum Gasteiger partial charge on any atom is -0.423 e. The monoisotopic (exact) mass is 1410 g/mol. The van der Waals surface area contributed by atoms with Crippen LogP contribution in [-0.2, 0) is 21.7 Å². The van der Waals surface area contributed by atoms with E-state index >= 15 is 0 Å². The van der Waals surface area contributed by atoms with Crippen molar-refractivity contribution in [2.45, 2.75) is 77.0 Å². The largest absolute Gasteiger partial charge is 0.488 e. The average molecular weight is 1410 g/mol. The molecule has 0 aromatic heterocycles. The lowest BCUT2D eigenvalue weighted by Crippen LogP contribution is -2.29. The highest BCUT2D eigenvalue weighted by Crippen LogP contribution is 2.57. The van der Waals surface area contributed by atoms with E-state index < -0.39 is 7.12 Å². The molecule has 0 radical (unpaired) electrons. The molecule has 0 aliphatic heterocycles. The lowest BCUT2D eigenvalue weighted by Gasteiger charge is -2.23. The smallest absolute Gasteiger partial charge is 0.423 e. The van der Waals surface area contributed by atoms with Gasteiger partial charge in [0.05, 0.1) is 0 Å². The first-order valence-corrected chi connectivity index (χ1v) is 35.9. The fourth-order valence-electron chi connectivity index (χ4n) is 16.4. The minimum atomic E-state index is -1.34. The molecule has 0 fully saturated rings. The Morgan fingerprint density at radius 3 is 1.03 bits per heavy atom. The molecule has 5 heteroatoms. The second-order valence-corrected chi connectivity index (χ2v) is 30.4. The molecule has 4 aliphatic carbocycles. The first-order valence-electron chi connectivity index (χ1n) is 34.3. The van der Waals surface area contributed by atoms with Gasteiger partial charge in [0.25, 0.3) is 0 Å². The van der Waals surface area contributed by atoms with E-state index in [-0.39, 0.29) is 21.7 Å². The van der Waals surface area contributed by atoms with Crippen LogP contribution in [0.1, 0.15) is 99.9 Å². The molecule has 2 nitrogen and oxygen atoms in total. The van der Waals surface area contributed by atoms with E-state index in [2.05, 4.69) is 366 Å². The van der Waals surface area contributed by atoms with Gasteiger partial charge in [0.1, 0.15) is 0 Å². The summed E-state index contributed by atoms with van der Waals surface area (Å²) in [5.74, 6) is 0. The SMILES string of the molecule is CC1(C)c2cc(Br)ccc2-c2c1cc(-c1ccccc1)c1ccccc21.CC1(C)c2ccccc2-c2c1cc(-c1ccccc1)c1ccccc21.CC1(C)c2ccccc2-c2c1cc(Br)c1ccccc21.CC1(C)c2ccccc2-c2c1ccc1ccccc21.OB(O)c1ccccc1. The molecule has 0 bridgehead atoms. The third-order valence-corrected chi connectivity index (χ3v) is 22.7. The van der Waals surface area contributed by atoms with Crippen molar-refractivity contribution >= 4 is 87.5 Å². The van der Waals surface area contributed by atoms with Gasteiger partial charge in [0, 0.05) is 30.6 Å². The summed E-state index contributed by atoms with van der Waals surface area (Å²) in [7, 11) is -1.34. The molecule has 4 aliphatic rings. The Hall–Kier alpha value is -9.72. The Bertz CT molecular complexity index is 5610. The summed E-state index contributed by atoms with van der Waals surface area (Å²) in [5.41, 5.74) is 28.5. The van der Waals surface area contributed by atoms with E-state index in [4.69, 9.17) is 10.0 Å². The maximum atomic E-state index is 8.58. The highest BCUT2D eigenvalue weighted by atomic mass is 79.9. The molecule has 15 aromatic carbocycles. The van der Waals surface area contributed by atoms with Crippen molar-refractivity contribution in [3.05, 3.63) is 363 Å². The van der Waals surface area contributed by atoms with Crippen molar-refractivity contribution in [2.75, 3.05) is 0 Å². The van der Waals surface area contributed by atoms with Crippen LogP contribution in [0.15, 0.2) is 318 Å². The number of fused-ring (bicyclic) bond motifs is 20. The van der Waals surface area contributed by atoms with Gasteiger partial charge in [0.15, 0.2) is 0 Å². The van der Waals surface area contributed by atoms with E-state index in [0.29, 0.717) is 5.46 Å². The number of hydrogen-bond acceptors (Lipinski definition) is 2. The topological polar surface area (TPSA) is 40.5 Å². The fraction of sp³-hybridized carbons (Fsp3) is 0.128. The second kappa shape index (κ2) is 25.9. The number of rotatable bonds is 3. The molecule has 0 saturated heterocycles. The summed E-state index contributed by atoms with van der Waals surface area (Å²) >= 11 is 7.41. The predicted octanol–water partition coefficient (Wildman–Crippen LogP) is 24.8. The van der Waals surface area contributed by atoms with Crippen LogP contribution < -0.4 is 5.46 Å². The molecule has 0 amide bonds. The van der Waals surface area contributed by atoms with Crippen molar-refractivity contribution in [1.82, 2.24) is 0 Å². The molecule has 2 N–H and O–H groups in total. The molecule has 0 heterocycles. The Morgan fingerprint density at radius 1 is 0.242 bits per heavy atom. The van der Waals surface area contributed by atoms with Gasteiger partial charge in [-0.1, -0.05) is 366 Å². The second-order valence-electron chi connectivity index (χ2n) is 28.7. The van der Waals surface area contributed by atoms with Gasteiger partial charge in [-0.15, -0.1) is 0 Å². The number of benzene rings is 15. The van der Waals surface area contributed by atoms with E-state index in [1.807, 2.05) is 6.07 Å². The molecule has 99 heavy (non-hydrogen) atoms. The highest BCUT2D eigenvalue weighted by molar-refractivity contribution is 9.11. The number of halogens is 2. The third-order valence-electron chi connectivity index (χ3n) is 21.5. The van der Waals surface area contributed by atoms with Gasteiger partial charge in [-0.05, 0) is 190 Å². The zero-order chi connectivity index (χ0) is 68.5. The molecular weight excluding hydrogens is 1330 g/mol. The molecule has 482 valence electrons. The zero-order valence-corrected chi connectivity index (χ0v) is 60.3. The zero-order valence-electron chi connectivity index (χ0n) is 57.2. The van der Waals surface area contributed by atoms with Crippen molar-refractivity contribution in [1.29, 1.82) is 0 Å². The first-order chi connectivity index (χ1) is 47.8. The normalized spacial score (nSPS) is 14.2. The number of hydrogen-bond donors (Lipinski definition) is 2.